The average Bonchev–Trinajstić information content (AvgIpc) is 2.42. The van der Waals surface area contributed by atoms with Gasteiger partial charge in [-0.2, -0.15) is 0 Å². The van der Waals surface area contributed by atoms with Crippen molar-refractivity contribution in [3.63, 3.8) is 0 Å². The number of hydrogen-bond acceptors (Lipinski definition) is 2. The van der Waals surface area contributed by atoms with Crippen LogP contribution in [0.5, 0.6) is 0 Å². The van der Waals surface area contributed by atoms with Crippen molar-refractivity contribution in [2.45, 2.75) is 51.5 Å². The molecule has 3 heteroatoms. The van der Waals surface area contributed by atoms with Gasteiger partial charge in [0.2, 0.25) is 0 Å². The quantitative estimate of drug-likeness (QED) is 0.816. The highest BCUT2D eigenvalue weighted by atomic mass is 16.1. The van der Waals surface area contributed by atoms with Gasteiger partial charge in [0.1, 0.15) is 0 Å². The molecule has 1 fully saturated rings. The second-order valence-electron chi connectivity index (χ2n) is 5.60. The molecule has 1 saturated carbocycles. The second-order valence-corrected chi connectivity index (χ2v) is 5.60. The zero-order valence-corrected chi connectivity index (χ0v) is 11.7. The number of hydrogen-bond donors (Lipinski definition) is 2. The Morgan fingerprint density at radius 2 is 1.84 bits per heavy atom. The van der Waals surface area contributed by atoms with Crippen molar-refractivity contribution < 1.29 is 4.79 Å². The van der Waals surface area contributed by atoms with Crippen LogP contribution in [-0.2, 0) is 0 Å². The average molecular weight is 260 g/mol. The van der Waals surface area contributed by atoms with Gasteiger partial charge in [0, 0.05) is 17.3 Å². The number of anilines is 1. The van der Waals surface area contributed by atoms with Crippen LogP contribution in [0.25, 0.3) is 0 Å². The van der Waals surface area contributed by atoms with E-state index in [1.807, 2.05) is 0 Å². The van der Waals surface area contributed by atoms with Gasteiger partial charge in [-0.15, -0.1) is 0 Å². The molecule has 1 aliphatic rings. The minimum Gasteiger partial charge on any atom is -0.399 e. The monoisotopic (exact) mass is 260 g/mol. The standard InChI is InChI=1S/C16H24N2O/c1-2-3-12-4-10-15(11-5-12)18-16(19)13-6-8-14(17)9-7-13/h6-9,12,15H,2-5,10-11,17H2,1H3,(H,18,19). The van der Waals surface area contributed by atoms with Crippen LogP contribution < -0.4 is 11.1 Å². The van der Waals surface area contributed by atoms with E-state index in [2.05, 4.69) is 12.2 Å². The van der Waals surface area contributed by atoms with Crippen molar-refractivity contribution in [3.05, 3.63) is 29.8 Å². The Bertz CT molecular complexity index is 405. The molecule has 0 unspecified atom stereocenters. The summed E-state index contributed by atoms with van der Waals surface area (Å²) in [4.78, 5) is 12.1. The van der Waals surface area contributed by atoms with E-state index in [1.54, 1.807) is 24.3 Å². The number of nitrogens with one attached hydrogen (secondary N) is 1. The lowest BCUT2D eigenvalue weighted by molar-refractivity contribution is 0.0921. The van der Waals surface area contributed by atoms with E-state index in [-0.39, 0.29) is 5.91 Å². The Labute approximate surface area is 115 Å². The van der Waals surface area contributed by atoms with E-state index < -0.39 is 0 Å². The smallest absolute Gasteiger partial charge is 0.251 e. The molecule has 1 amide bonds. The molecule has 104 valence electrons. The van der Waals surface area contributed by atoms with E-state index in [9.17, 15) is 4.79 Å². The Balaban J connectivity index is 1.82. The zero-order chi connectivity index (χ0) is 13.7. The number of nitrogen functional groups attached to an aromatic ring is 1. The molecular formula is C16H24N2O. The van der Waals surface area contributed by atoms with Crippen molar-refractivity contribution in [1.82, 2.24) is 5.32 Å². The summed E-state index contributed by atoms with van der Waals surface area (Å²) < 4.78 is 0. The molecule has 0 aliphatic heterocycles. The van der Waals surface area contributed by atoms with E-state index in [4.69, 9.17) is 5.73 Å². The number of nitrogens with two attached hydrogens (primary N) is 1. The highest BCUT2D eigenvalue weighted by molar-refractivity contribution is 5.94. The molecule has 0 atom stereocenters. The van der Waals surface area contributed by atoms with Crippen molar-refractivity contribution in [3.8, 4) is 0 Å². The molecule has 0 bridgehead atoms. The Hall–Kier alpha value is -1.51. The van der Waals surface area contributed by atoms with Crippen LogP contribution in [0.2, 0.25) is 0 Å². The first kappa shape index (κ1) is 13.9. The highest BCUT2D eigenvalue weighted by Crippen LogP contribution is 2.27. The Kier molecular flexibility index (Phi) is 4.83. The lowest BCUT2D eigenvalue weighted by Gasteiger charge is -2.29. The molecule has 0 radical (unpaired) electrons. The van der Waals surface area contributed by atoms with Crippen molar-refractivity contribution in [2.75, 3.05) is 5.73 Å². The van der Waals surface area contributed by atoms with Crippen molar-refractivity contribution in [1.29, 1.82) is 0 Å². The number of benzene rings is 1. The van der Waals surface area contributed by atoms with Crippen LogP contribution in [0.15, 0.2) is 24.3 Å². The highest BCUT2D eigenvalue weighted by Gasteiger charge is 2.22. The van der Waals surface area contributed by atoms with Gasteiger partial charge in [-0.25, -0.2) is 0 Å². The number of carbonyl (C=O) groups excluding carboxylic acids is 1. The summed E-state index contributed by atoms with van der Waals surface area (Å²) >= 11 is 0. The first-order chi connectivity index (χ1) is 9.19. The van der Waals surface area contributed by atoms with Gasteiger partial charge < -0.3 is 11.1 Å². The van der Waals surface area contributed by atoms with E-state index >= 15 is 0 Å². The lowest BCUT2D eigenvalue weighted by atomic mass is 9.83. The lowest BCUT2D eigenvalue weighted by Crippen LogP contribution is -2.37. The third kappa shape index (κ3) is 3.98. The van der Waals surface area contributed by atoms with Gasteiger partial charge in [0.25, 0.3) is 5.91 Å². The Morgan fingerprint density at radius 1 is 1.21 bits per heavy atom. The van der Waals surface area contributed by atoms with Crippen LogP contribution in [0, 0.1) is 5.92 Å². The van der Waals surface area contributed by atoms with Gasteiger partial charge in [-0.1, -0.05) is 19.8 Å². The molecule has 19 heavy (non-hydrogen) atoms. The minimum absolute atomic E-state index is 0.0268. The summed E-state index contributed by atoms with van der Waals surface area (Å²) in [5.41, 5.74) is 7.01. The second kappa shape index (κ2) is 6.60. The normalized spacial score (nSPS) is 23.0. The first-order valence-corrected chi connectivity index (χ1v) is 7.35. The molecule has 0 spiro atoms. The molecule has 0 heterocycles. The Morgan fingerprint density at radius 3 is 2.42 bits per heavy atom. The van der Waals surface area contributed by atoms with Gasteiger partial charge in [0.05, 0.1) is 0 Å². The third-order valence-corrected chi connectivity index (χ3v) is 4.05. The molecular weight excluding hydrogens is 236 g/mol. The van der Waals surface area contributed by atoms with E-state index in [0.717, 1.165) is 18.8 Å². The number of carbonyl (C=O) groups is 1. The fourth-order valence-electron chi connectivity index (χ4n) is 2.91. The fourth-order valence-corrected chi connectivity index (χ4v) is 2.91. The van der Waals surface area contributed by atoms with Gasteiger partial charge in [-0.3, -0.25) is 4.79 Å². The molecule has 2 rings (SSSR count). The molecule has 0 saturated heterocycles. The summed E-state index contributed by atoms with van der Waals surface area (Å²) in [6.07, 6.45) is 7.34. The van der Waals surface area contributed by atoms with Crippen LogP contribution in [0.1, 0.15) is 55.8 Å². The summed E-state index contributed by atoms with van der Waals surface area (Å²) in [6, 6.07) is 7.46. The zero-order valence-electron chi connectivity index (χ0n) is 11.7. The summed E-state index contributed by atoms with van der Waals surface area (Å²) in [7, 11) is 0. The number of amides is 1. The van der Waals surface area contributed by atoms with Gasteiger partial charge >= 0.3 is 0 Å². The van der Waals surface area contributed by atoms with E-state index in [0.29, 0.717) is 17.3 Å². The van der Waals surface area contributed by atoms with Crippen molar-refractivity contribution in [2.24, 2.45) is 5.92 Å². The minimum atomic E-state index is 0.0268. The maximum atomic E-state index is 12.1. The maximum Gasteiger partial charge on any atom is 0.251 e. The van der Waals surface area contributed by atoms with Gasteiger partial charge in [-0.05, 0) is 55.9 Å². The third-order valence-electron chi connectivity index (χ3n) is 4.05. The molecule has 0 aromatic heterocycles. The first-order valence-electron chi connectivity index (χ1n) is 7.35. The predicted molar refractivity (Wildman–Crippen MR) is 79.0 cm³/mol. The summed E-state index contributed by atoms with van der Waals surface area (Å²) in [6.45, 7) is 2.25. The number of rotatable bonds is 4. The van der Waals surface area contributed by atoms with Crippen LogP contribution >= 0.6 is 0 Å². The predicted octanol–water partition coefficient (Wildman–Crippen LogP) is 3.36. The van der Waals surface area contributed by atoms with Crippen LogP contribution in [-0.4, -0.2) is 11.9 Å². The molecule has 1 aromatic carbocycles. The fraction of sp³-hybridized carbons (Fsp3) is 0.562. The molecule has 3 nitrogen and oxygen atoms in total. The molecule has 1 aromatic rings. The molecule has 3 N–H and O–H groups in total. The van der Waals surface area contributed by atoms with E-state index in [1.165, 1.54) is 25.7 Å². The largest absolute Gasteiger partial charge is 0.399 e. The molecule has 1 aliphatic carbocycles. The van der Waals surface area contributed by atoms with Crippen LogP contribution in [0.3, 0.4) is 0 Å². The van der Waals surface area contributed by atoms with Gasteiger partial charge in [0.15, 0.2) is 0 Å². The SMILES string of the molecule is CCCC1CCC(NC(=O)c2ccc(N)cc2)CC1. The topological polar surface area (TPSA) is 55.1 Å². The summed E-state index contributed by atoms with van der Waals surface area (Å²) in [5, 5.41) is 3.14. The summed E-state index contributed by atoms with van der Waals surface area (Å²) in [5.74, 6) is 0.897. The van der Waals surface area contributed by atoms with Crippen molar-refractivity contribution >= 4 is 11.6 Å². The maximum absolute atomic E-state index is 12.1. The van der Waals surface area contributed by atoms with Crippen LogP contribution in [0.4, 0.5) is 5.69 Å².